The van der Waals surface area contributed by atoms with Crippen LogP contribution in [0.2, 0.25) is 0 Å². The van der Waals surface area contributed by atoms with Gasteiger partial charge in [-0.2, -0.15) is 13.2 Å². The molecule has 0 saturated heterocycles. The van der Waals surface area contributed by atoms with Gasteiger partial charge < -0.3 is 4.90 Å². The molecular weight excluding hydrogens is 347 g/mol. The number of hydrogen-bond donors (Lipinski definition) is 0. The number of alkyl halides is 3. The molecule has 1 aliphatic rings. The van der Waals surface area contributed by atoms with Crippen molar-refractivity contribution in [3.8, 4) is 0 Å². The SMILES string of the molecule is FC(F)(F)c1ccc(N2c3ccsc3Sc3sccc32)cc1. The molecule has 2 aromatic heterocycles. The Hall–Kier alpha value is -1.44. The van der Waals surface area contributed by atoms with Crippen LogP contribution in [0.1, 0.15) is 5.56 Å². The Bertz CT molecular complexity index is 777. The fraction of sp³-hybridized carbons (Fsp3) is 0.0667. The van der Waals surface area contributed by atoms with Gasteiger partial charge in [0.15, 0.2) is 0 Å². The third-order valence-electron chi connectivity index (χ3n) is 3.34. The highest BCUT2D eigenvalue weighted by Crippen LogP contribution is 2.55. The zero-order valence-electron chi connectivity index (χ0n) is 10.9. The molecule has 1 aromatic carbocycles. The van der Waals surface area contributed by atoms with Gasteiger partial charge in [0.2, 0.25) is 0 Å². The van der Waals surface area contributed by atoms with Gasteiger partial charge in [0, 0.05) is 5.69 Å². The highest BCUT2D eigenvalue weighted by Gasteiger charge is 2.31. The summed E-state index contributed by atoms with van der Waals surface area (Å²) in [6.07, 6.45) is -4.31. The summed E-state index contributed by atoms with van der Waals surface area (Å²) in [6.45, 7) is 0. The number of nitrogens with zero attached hydrogens (tertiary/aromatic N) is 1. The first-order valence-corrected chi connectivity index (χ1v) is 8.92. The molecule has 0 bridgehead atoms. The topological polar surface area (TPSA) is 3.24 Å². The van der Waals surface area contributed by atoms with Crippen molar-refractivity contribution in [1.29, 1.82) is 0 Å². The average molecular weight is 355 g/mol. The van der Waals surface area contributed by atoms with Crippen molar-refractivity contribution >= 4 is 51.5 Å². The van der Waals surface area contributed by atoms with Gasteiger partial charge in [-0.3, -0.25) is 0 Å². The first-order chi connectivity index (χ1) is 10.5. The van der Waals surface area contributed by atoms with Crippen molar-refractivity contribution < 1.29 is 13.2 Å². The Labute approximate surface area is 137 Å². The number of fused-ring (bicyclic) bond motifs is 2. The predicted octanol–water partition coefficient (Wildman–Crippen LogP) is 6.76. The average Bonchev–Trinajstić information content (AvgIpc) is 3.12. The number of benzene rings is 1. The fourth-order valence-corrected chi connectivity index (χ4v) is 5.63. The molecule has 112 valence electrons. The maximum absolute atomic E-state index is 12.7. The Kier molecular flexibility index (Phi) is 3.25. The van der Waals surface area contributed by atoms with Crippen LogP contribution in [-0.2, 0) is 6.18 Å². The normalized spacial score (nSPS) is 13.9. The molecule has 0 saturated carbocycles. The largest absolute Gasteiger partial charge is 0.416 e. The number of rotatable bonds is 1. The summed E-state index contributed by atoms with van der Waals surface area (Å²) in [4.78, 5) is 2.02. The van der Waals surface area contributed by atoms with E-state index in [2.05, 4.69) is 0 Å². The second-order valence-corrected chi connectivity index (χ2v) is 8.04. The Morgan fingerprint density at radius 3 is 1.82 bits per heavy atom. The zero-order valence-corrected chi connectivity index (χ0v) is 13.4. The second kappa shape index (κ2) is 5.04. The van der Waals surface area contributed by atoms with E-state index in [4.69, 9.17) is 0 Å². The number of halogens is 3. The van der Waals surface area contributed by atoms with Gasteiger partial charge in [-0.1, -0.05) is 11.8 Å². The molecule has 0 atom stereocenters. The molecule has 0 spiro atoms. The van der Waals surface area contributed by atoms with Gasteiger partial charge in [-0.25, -0.2) is 0 Å². The number of hydrogen-bond acceptors (Lipinski definition) is 4. The van der Waals surface area contributed by atoms with Crippen LogP contribution in [0.25, 0.3) is 0 Å². The zero-order chi connectivity index (χ0) is 15.3. The molecule has 7 heteroatoms. The fourth-order valence-electron chi connectivity index (χ4n) is 2.35. The lowest BCUT2D eigenvalue weighted by molar-refractivity contribution is -0.137. The lowest BCUT2D eigenvalue weighted by Crippen LogP contribution is -2.12. The maximum atomic E-state index is 12.7. The monoisotopic (exact) mass is 355 g/mol. The third kappa shape index (κ3) is 2.24. The molecule has 3 heterocycles. The lowest BCUT2D eigenvalue weighted by Gasteiger charge is -2.28. The minimum absolute atomic E-state index is 0.626. The van der Waals surface area contributed by atoms with E-state index in [1.165, 1.54) is 12.1 Å². The Balaban J connectivity index is 1.82. The predicted molar refractivity (Wildman–Crippen MR) is 86.0 cm³/mol. The molecule has 0 unspecified atom stereocenters. The number of anilines is 3. The smallest absolute Gasteiger partial charge is 0.306 e. The summed E-state index contributed by atoms with van der Waals surface area (Å²) in [5, 5.41) is 4.01. The summed E-state index contributed by atoms with van der Waals surface area (Å²) < 4.78 is 40.5. The van der Waals surface area contributed by atoms with Crippen molar-refractivity contribution in [3.63, 3.8) is 0 Å². The van der Waals surface area contributed by atoms with Gasteiger partial charge in [-0.05, 0) is 47.2 Å². The van der Waals surface area contributed by atoms with E-state index in [-0.39, 0.29) is 0 Å². The molecule has 0 amide bonds. The molecular formula is C15H8F3NS3. The van der Waals surface area contributed by atoms with E-state index in [1.54, 1.807) is 34.4 Å². The van der Waals surface area contributed by atoms with Crippen molar-refractivity contribution in [2.75, 3.05) is 4.90 Å². The minimum atomic E-state index is -4.31. The van der Waals surface area contributed by atoms with Crippen LogP contribution in [0.4, 0.5) is 30.2 Å². The third-order valence-corrected chi connectivity index (χ3v) is 6.60. The van der Waals surface area contributed by atoms with Crippen LogP contribution in [0.5, 0.6) is 0 Å². The van der Waals surface area contributed by atoms with Gasteiger partial charge in [0.25, 0.3) is 0 Å². The van der Waals surface area contributed by atoms with Crippen LogP contribution in [0.15, 0.2) is 55.6 Å². The van der Waals surface area contributed by atoms with Crippen LogP contribution in [0.3, 0.4) is 0 Å². The van der Waals surface area contributed by atoms with Gasteiger partial charge >= 0.3 is 6.18 Å². The van der Waals surface area contributed by atoms with Crippen LogP contribution >= 0.6 is 34.4 Å². The highest BCUT2D eigenvalue weighted by atomic mass is 32.2. The van der Waals surface area contributed by atoms with E-state index in [9.17, 15) is 13.2 Å². The van der Waals surface area contributed by atoms with Crippen molar-refractivity contribution in [2.45, 2.75) is 14.6 Å². The highest BCUT2D eigenvalue weighted by molar-refractivity contribution is 8.03. The molecule has 0 fully saturated rings. The Morgan fingerprint density at radius 2 is 1.32 bits per heavy atom. The van der Waals surface area contributed by atoms with Crippen molar-refractivity contribution in [1.82, 2.24) is 0 Å². The molecule has 1 nitrogen and oxygen atoms in total. The van der Waals surface area contributed by atoms with E-state index in [0.717, 1.165) is 37.6 Å². The van der Waals surface area contributed by atoms with E-state index in [1.807, 2.05) is 27.8 Å². The van der Waals surface area contributed by atoms with Crippen LogP contribution in [0, 0.1) is 0 Å². The van der Waals surface area contributed by atoms with Crippen molar-refractivity contribution in [2.24, 2.45) is 0 Å². The first kappa shape index (κ1) is 14.2. The summed E-state index contributed by atoms with van der Waals surface area (Å²) >= 11 is 5.01. The van der Waals surface area contributed by atoms with Gasteiger partial charge in [-0.15, -0.1) is 22.7 Å². The van der Waals surface area contributed by atoms with E-state index < -0.39 is 11.7 Å². The lowest BCUT2D eigenvalue weighted by atomic mass is 10.1. The minimum Gasteiger partial charge on any atom is -0.306 e. The molecule has 4 rings (SSSR count). The second-order valence-electron chi connectivity index (χ2n) is 4.67. The summed E-state index contributed by atoms with van der Waals surface area (Å²) in [5.41, 5.74) is 2.17. The van der Waals surface area contributed by atoms with Crippen LogP contribution in [-0.4, -0.2) is 0 Å². The molecule has 0 radical (unpaired) electrons. The molecule has 0 aliphatic carbocycles. The van der Waals surface area contributed by atoms with E-state index >= 15 is 0 Å². The van der Waals surface area contributed by atoms with Crippen molar-refractivity contribution in [3.05, 3.63) is 52.7 Å². The first-order valence-electron chi connectivity index (χ1n) is 6.34. The molecule has 22 heavy (non-hydrogen) atoms. The quantitative estimate of drug-likeness (QED) is 0.371. The summed E-state index contributed by atoms with van der Waals surface area (Å²) in [6, 6.07) is 9.34. The molecule has 3 aromatic rings. The van der Waals surface area contributed by atoms with E-state index in [0.29, 0.717) is 0 Å². The van der Waals surface area contributed by atoms with Crippen LogP contribution < -0.4 is 4.90 Å². The number of thiophene rings is 2. The Morgan fingerprint density at radius 1 is 0.773 bits per heavy atom. The molecule has 1 aliphatic heterocycles. The summed E-state index contributed by atoms with van der Waals surface area (Å²) in [7, 11) is 0. The maximum Gasteiger partial charge on any atom is 0.416 e. The van der Waals surface area contributed by atoms with Gasteiger partial charge in [0.1, 0.15) is 0 Å². The van der Waals surface area contributed by atoms with Gasteiger partial charge in [0.05, 0.1) is 25.4 Å². The molecule has 0 N–H and O–H groups in total. The standard InChI is InChI=1S/C15H8F3NS3/c16-15(17,18)9-1-3-10(4-2-9)19-11-5-7-20-13(11)22-14-12(19)6-8-21-14/h1-8H. The summed E-state index contributed by atoms with van der Waals surface area (Å²) in [5.74, 6) is 0.